The van der Waals surface area contributed by atoms with Gasteiger partial charge in [-0.2, -0.15) is 5.10 Å². The Bertz CT molecular complexity index is 934. The van der Waals surface area contributed by atoms with Crippen LogP contribution in [0.5, 0.6) is 0 Å². The smallest absolute Gasteiger partial charge is 0.412 e. The molecule has 0 radical (unpaired) electrons. The SMILES string of the molecule is CCCn1nc(C(=O)Nc2ccc(F)c(NC(=O)OC(C)(C)C)c2)ccc1=O. The van der Waals surface area contributed by atoms with Gasteiger partial charge in [-0.3, -0.25) is 14.9 Å². The molecule has 1 aromatic carbocycles. The van der Waals surface area contributed by atoms with Gasteiger partial charge < -0.3 is 10.1 Å². The maximum Gasteiger partial charge on any atom is 0.412 e. The van der Waals surface area contributed by atoms with E-state index in [1.54, 1.807) is 20.8 Å². The summed E-state index contributed by atoms with van der Waals surface area (Å²) in [6.45, 7) is 7.33. The Hall–Kier alpha value is -3.23. The molecule has 2 amide bonds. The van der Waals surface area contributed by atoms with E-state index in [9.17, 15) is 18.8 Å². The van der Waals surface area contributed by atoms with Crippen molar-refractivity contribution in [2.75, 3.05) is 10.6 Å². The lowest BCUT2D eigenvalue weighted by Gasteiger charge is -2.20. The molecule has 0 saturated heterocycles. The van der Waals surface area contributed by atoms with E-state index < -0.39 is 23.4 Å². The second-order valence-electron chi connectivity index (χ2n) is 7.06. The Morgan fingerprint density at radius 3 is 2.54 bits per heavy atom. The van der Waals surface area contributed by atoms with Crippen molar-refractivity contribution >= 4 is 23.4 Å². The molecule has 0 spiro atoms. The molecule has 1 aromatic heterocycles. The number of hydrogen-bond donors (Lipinski definition) is 2. The number of aromatic nitrogens is 2. The highest BCUT2D eigenvalue weighted by Gasteiger charge is 2.18. The maximum absolute atomic E-state index is 14.0. The number of nitrogens with zero attached hydrogens (tertiary/aromatic N) is 2. The third kappa shape index (κ3) is 5.90. The van der Waals surface area contributed by atoms with E-state index in [2.05, 4.69) is 15.7 Å². The molecule has 0 aliphatic carbocycles. The zero-order chi connectivity index (χ0) is 20.9. The first-order chi connectivity index (χ1) is 13.1. The van der Waals surface area contributed by atoms with E-state index in [1.165, 1.54) is 28.9 Å². The van der Waals surface area contributed by atoms with Gasteiger partial charge in [-0.05, 0) is 51.5 Å². The average molecular weight is 390 g/mol. The summed E-state index contributed by atoms with van der Waals surface area (Å²) in [5.74, 6) is -1.25. The first-order valence-corrected chi connectivity index (χ1v) is 8.78. The van der Waals surface area contributed by atoms with Gasteiger partial charge in [0, 0.05) is 18.3 Å². The number of carbonyl (C=O) groups is 2. The third-order valence-corrected chi connectivity index (χ3v) is 3.39. The predicted molar refractivity (Wildman–Crippen MR) is 103 cm³/mol. The van der Waals surface area contributed by atoms with E-state index in [4.69, 9.17) is 4.74 Å². The first kappa shape index (κ1) is 21.1. The van der Waals surface area contributed by atoms with Gasteiger partial charge in [0.2, 0.25) is 0 Å². The second kappa shape index (κ2) is 8.64. The molecule has 8 nitrogen and oxygen atoms in total. The molecule has 2 aromatic rings. The fourth-order valence-electron chi connectivity index (χ4n) is 2.25. The number of amides is 2. The van der Waals surface area contributed by atoms with Crippen LogP contribution >= 0.6 is 0 Å². The van der Waals surface area contributed by atoms with Crippen LogP contribution in [0.2, 0.25) is 0 Å². The highest BCUT2D eigenvalue weighted by Crippen LogP contribution is 2.21. The third-order valence-electron chi connectivity index (χ3n) is 3.39. The molecule has 0 fully saturated rings. The molecule has 2 N–H and O–H groups in total. The van der Waals surface area contributed by atoms with Crippen molar-refractivity contribution in [1.29, 1.82) is 0 Å². The Morgan fingerprint density at radius 1 is 1.18 bits per heavy atom. The van der Waals surface area contributed by atoms with Crippen molar-refractivity contribution in [1.82, 2.24) is 9.78 Å². The number of aryl methyl sites for hydroxylation is 1. The zero-order valence-corrected chi connectivity index (χ0v) is 16.2. The van der Waals surface area contributed by atoms with Crippen molar-refractivity contribution in [3.05, 3.63) is 52.2 Å². The van der Waals surface area contributed by atoms with Gasteiger partial charge in [0.1, 0.15) is 17.1 Å². The summed E-state index contributed by atoms with van der Waals surface area (Å²) in [5, 5.41) is 8.88. The molecule has 1 heterocycles. The summed E-state index contributed by atoms with van der Waals surface area (Å²) in [6.07, 6.45) is -0.126. The standard InChI is InChI=1S/C19H23FN4O4/c1-5-10-24-16(25)9-8-14(23-24)17(26)21-12-6-7-13(20)15(11-12)22-18(27)28-19(2,3)4/h6-9,11H,5,10H2,1-4H3,(H,21,26)(H,22,27). The monoisotopic (exact) mass is 390 g/mol. The maximum atomic E-state index is 14.0. The lowest BCUT2D eigenvalue weighted by molar-refractivity contribution is 0.0635. The Labute approximate surface area is 161 Å². The molecular weight excluding hydrogens is 367 g/mol. The fraction of sp³-hybridized carbons (Fsp3) is 0.368. The van der Waals surface area contributed by atoms with E-state index in [-0.39, 0.29) is 22.6 Å². The minimum absolute atomic E-state index is 0.0408. The van der Waals surface area contributed by atoms with Gasteiger partial charge in [0.15, 0.2) is 0 Å². The summed E-state index contributed by atoms with van der Waals surface area (Å²) in [6, 6.07) is 6.29. The van der Waals surface area contributed by atoms with Crippen LogP contribution in [0.1, 0.15) is 44.6 Å². The van der Waals surface area contributed by atoms with Gasteiger partial charge in [-0.15, -0.1) is 0 Å². The van der Waals surface area contributed by atoms with Crippen LogP contribution in [-0.2, 0) is 11.3 Å². The van der Waals surface area contributed by atoms with Gasteiger partial charge in [0.25, 0.3) is 11.5 Å². The normalized spacial score (nSPS) is 11.0. The van der Waals surface area contributed by atoms with Crippen LogP contribution in [0, 0.1) is 5.82 Å². The molecule has 2 rings (SSSR count). The predicted octanol–water partition coefficient (Wildman–Crippen LogP) is 3.39. The van der Waals surface area contributed by atoms with E-state index in [0.29, 0.717) is 13.0 Å². The molecule has 0 aliphatic heterocycles. The molecule has 0 unspecified atom stereocenters. The molecule has 28 heavy (non-hydrogen) atoms. The highest BCUT2D eigenvalue weighted by atomic mass is 19.1. The van der Waals surface area contributed by atoms with Crippen LogP contribution in [0.25, 0.3) is 0 Å². The van der Waals surface area contributed by atoms with Crippen LogP contribution in [0.15, 0.2) is 35.1 Å². The Kier molecular flexibility index (Phi) is 6.50. The molecule has 9 heteroatoms. The second-order valence-corrected chi connectivity index (χ2v) is 7.06. The van der Waals surface area contributed by atoms with Crippen molar-refractivity contribution in [2.45, 2.75) is 46.3 Å². The van der Waals surface area contributed by atoms with Crippen LogP contribution in [0.4, 0.5) is 20.6 Å². The molecular formula is C19H23FN4O4. The van der Waals surface area contributed by atoms with Gasteiger partial charge in [-0.25, -0.2) is 13.9 Å². The van der Waals surface area contributed by atoms with Crippen LogP contribution in [0.3, 0.4) is 0 Å². The Morgan fingerprint density at radius 2 is 1.89 bits per heavy atom. The number of carbonyl (C=O) groups excluding carboxylic acids is 2. The molecule has 0 aliphatic rings. The van der Waals surface area contributed by atoms with Crippen molar-refractivity contribution in [2.24, 2.45) is 0 Å². The number of hydrogen-bond acceptors (Lipinski definition) is 5. The van der Waals surface area contributed by atoms with Crippen LogP contribution in [-0.4, -0.2) is 27.4 Å². The van der Waals surface area contributed by atoms with Gasteiger partial charge in [-0.1, -0.05) is 6.92 Å². The van der Waals surface area contributed by atoms with E-state index in [0.717, 1.165) is 6.07 Å². The van der Waals surface area contributed by atoms with Crippen molar-refractivity contribution in [3.63, 3.8) is 0 Å². The summed E-state index contributed by atoms with van der Waals surface area (Å²) in [4.78, 5) is 35.9. The van der Waals surface area contributed by atoms with Gasteiger partial charge >= 0.3 is 6.09 Å². The average Bonchev–Trinajstić information content (AvgIpc) is 2.58. The summed E-state index contributed by atoms with van der Waals surface area (Å²) in [7, 11) is 0. The minimum atomic E-state index is -0.816. The summed E-state index contributed by atoms with van der Waals surface area (Å²) < 4.78 is 20.3. The van der Waals surface area contributed by atoms with E-state index in [1.807, 2.05) is 6.92 Å². The quantitative estimate of drug-likeness (QED) is 0.815. The number of halogens is 1. The van der Waals surface area contributed by atoms with Crippen molar-refractivity contribution < 1.29 is 18.7 Å². The molecule has 0 saturated carbocycles. The zero-order valence-electron chi connectivity index (χ0n) is 16.2. The topological polar surface area (TPSA) is 102 Å². The van der Waals surface area contributed by atoms with E-state index >= 15 is 0 Å². The van der Waals surface area contributed by atoms with Crippen LogP contribution < -0.4 is 16.2 Å². The fourth-order valence-corrected chi connectivity index (χ4v) is 2.25. The lowest BCUT2D eigenvalue weighted by atomic mass is 10.2. The lowest BCUT2D eigenvalue weighted by Crippen LogP contribution is -2.27. The first-order valence-electron chi connectivity index (χ1n) is 8.78. The summed E-state index contributed by atoms with van der Waals surface area (Å²) >= 11 is 0. The van der Waals surface area contributed by atoms with Gasteiger partial charge in [0.05, 0.1) is 5.69 Å². The number of nitrogens with one attached hydrogen (secondary N) is 2. The minimum Gasteiger partial charge on any atom is -0.444 e. The molecule has 0 bridgehead atoms. The molecule has 150 valence electrons. The Balaban J connectivity index is 2.16. The number of benzene rings is 1. The number of anilines is 2. The highest BCUT2D eigenvalue weighted by molar-refractivity contribution is 6.03. The largest absolute Gasteiger partial charge is 0.444 e. The number of rotatable bonds is 5. The van der Waals surface area contributed by atoms with Crippen molar-refractivity contribution in [3.8, 4) is 0 Å². The molecule has 0 atom stereocenters. The summed E-state index contributed by atoms with van der Waals surface area (Å²) in [5.41, 5.74) is -0.897. The number of ether oxygens (including phenoxy) is 1.